The highest BCUT2D eigenvalue weighted by Crippen LogP contribution is 2.38. The van der Waals surface area contributed by atoms with E-state index in [0.29, 0.717) is 29.5 Å². The number of hydrogen-bond donors (Lipinski definition) is 0. The molecule has 0 bridgehead atoms. The van der Waals surface area contributed by atoms with Crippen LogP contribution < -0.4 is 4.74 Å². The summed E-state index contributed by atoms with van der Waals surface area (Å²) in [6.07, 6.45) is 1.84. The lowest BCUT2D eigenvalue weighted by Gasteiger charge is -2.26. The van der Waals surface area contributed by atoms with E-state index in [1.807, 2.05) is 30.5 Å². The maximum Gasteiger partial charge on any atom is 0.343 e. The van der Waals surface area contributed by atoms with Crippen LogP contribution in [0, 0.1) is 0 Å². The summed E-state index contributed by atoms with van der Waals surface area (Å²) in [6.45, 7) is 5.43. The fraction of sp³-hybridized carbons (Fsp3) is 0.241. The molecule has 0 amide bonds. The van der Waals surface area contributed by atoms with Crippen LogP contribution in [-0.4, -0.2) is 50.0 Å². The fourth-order valence-electron chi connectivity index (χ4n) is 4.56. The fourth-order valence-corrected chi connectivity index (χ4v) is 6.24. The van der Waals surface area contributed by atoms with Gasteiger partial charge in [0.05, 0.1) is 34.2 Å². The minimum Gasteiger partial charge on any atom is -0.423 e. The minimum absolute atomic E-state index is 0.0457. The molecule has 0 saturated carbocycles. The maximum atomic E-state index is 13.1. The van der Waals surface area contributed by atoms with Crippen LogP contribution in [0.5, 0.6) is 5.75 Å². The number of pyridine rings is 1. The minimum atomic E-state index is -3.74. The first kappa shape index (κ1) is 26.3. The number of fused-ring (bicyclic) bond motifs is 1. The van der Waals surface area contributed by atoms with Gasteiger partial charge in [-0.25, -0.2) is 13.2 Å². The van der Waals surface area contributed by atoms with Gasteiger partial charge in [0.25, 0.3) is 0 Å². The summed E-state index contributed by atoms with van der Waals surface area (Å²) < 4.78 is 38.4. The van der Waals surface area contributed by atoms with Crippen LogP contribution >= 0.6 is 11.6 Å². The molecule has 7 nitrogen and oxygen atoms in total. The van der Waals surface area contributed by atoms with Gasteiger partial charge in [0.2, 0.25) is 10.0 Å². The molecule has 5 rings (SSSR count). The van der Waals surface area contributed by atoms with Crippen LogP contribution in [0.3, 0.4) is 0 Å². The molecular weight excluding hydrogens is 524 g/mol. The van der Waals surface area contributed by atoms with Crippen molar-refractivity contribution in [1.29, 1.82) is 0 Å². The lowest BCUT2D eigenvalue weighted by atomic mass is 9.91. The Kier molecular flexibility index (Phi) is 7.49. The van der Waals surface area contributed by atoms with Crippen LogP contribution in [-0.2, 0) is 14.8 Å². The van der Waals surface area contributed by atoms with Gasteiger partial charge in [0.1, 0.15) is 5.75 Å². The van der Waals surface area contributed by atoms with Gasteiger partial charge in [0.15, 0.2) is 0 Å². The van der Waals surface area contributed by atoms with Gasteiger partial charge in [-0.05, 0) is 59.0 Å². The number of carbonyl (C=O) groups excluding carboxylic acids is 1. The molecule has 1 aliphatic rings. The van der Waals surface area contributed by atoms with Crippen molar-refractivity contribution in [3.63, 3.8) is 0 Å². The number of rotatable bonds is 6. The Labute approximate surface area is 227 Å². The molecule has 0 atom stereocenters. The third-order valence-corrected chi connectivity index (χ3v) is 8.71. The van der Waals surface area contributed by atoms with Crippen molar-refractivity contribution in [1.82, 2.24) is 9.29 Å². The Morgan fingerprint density at radius 2 is 1.76 bits per heavy atom. The molecule has 1 aromatic heterocycles. The summed E-state index contributed by atoms with van der Waals surface area (Å²) in [7, 11) is -3.74. The molecule has 0 spiro atoms. The van der Waals surface area contributed by atoms with E-state index in [-0.39, 0.29) is 29.5 Å². The Morgan fingerprint density at radius 1 is 1.03 bits per heavy atom. The quantitative estimate of drug-likeness (QED) is 0.219. The van der Waals surface area contributed by atoms with Gasteiger partial charge >= 0.3 is 5.97 Å². The highest BCUT2D eigenvalue weighted by Gasteiger charge is 2.27. The SMILES string of the molecule is CC(C)c1cnc2c(Cl)cccc2c1-c1cccc(OC(=O)c2cccc(S(=O)(=O)N3CCOCC3)c2)c1. The highest BCUT2D eigenvalue weighted by molar-refractivity contribution is 7.89. The standard InChI is InChI=1S/C29H27ClN2O5S/c1-19(2)25-18-31-28-24(10-5-11-26(28)30)27(25)20-6-3-8-22(16-20)37-29(33)21-7-4-9-23(17-21)38(34,35)32-12-14-36-15-13-32/h3-11,16-19H,12-15H2,1-2H3. The van der Waals surface area contributed by atoms with Crippen LogP contribution in [0.1, 0.15) is 35.7 Å². The third kappa shape index (κ3) is 5.17. The average molecular weight is 551 g/mol. The molecule has 3 aromatic carbocycles. The number of sulfonamides is 1. The van der Waals surface area contributed by atoms with E-state index in [0.717, 1.165) is 22.1 Å². The summed E-state index contributed by atoms with van der Waals surface area (Å²) in [4.78, 5) is 17.7. The van der Waals surface area contributed by atoms with Crippen molar-refractivity contribution >= 4 is 38.5 Å². The van der Waals surface area contributed by atoms with Crippen molar-refractivity contribution < 1.29 is 22.7 Å². The second kappa shape index (κ2) is 10.8. The van der Waals surface area contributed by atoms with E-state index in [2.05, 4.69) is 18.8 Å². The normalized spacial score (nSPS) is 14.6. The Bertz CT molecular complexity index is 1610. The predicted octanol–water partition coefficient (Wildman–Crippen LogP) is 5.92. The van der Waals surface area contributed by atoms with Crippen molar-refractivity contribution in [3.8, 4) is 16.9 Å². The monoisotopic (exact) mass is 550 g/mol. The zero-order valence-electron chi connectivity index (χ0n) is 21.1. The molecule has 9 heteroatoms. The number of ether oxygens (including phenoxy) is 2. The number of carbonyl (C=O) groups is 1. The molecule has 0 radical (unpaired) electrons. The van der Waals surface area contributed by atoms with Gasteiger partial charge in [-0.2, -0.15) is 4.31 Å². The molecule has 196 valence electrons. The lowest BCUT2D eigenvalue weighted by molar-refractivity contribution is 0.0727. The molecule has 1 aliphatic heterocycles. The number of para-hydroxylation sites is 1. The average Bonchev–Trinajstić information content (AvgIpc) is 2.93. The zero-order valence-corrected chi connectivity index (χ0v) is 22.6. The first-order chi connectivity index (χ1) is 18.3. The third-order valence-electron chi connectivity index (χ3n) is 6.51. The van der Waals surface area contributed by atoms with Crippen LogP contribution in [0.2, 0.25) is 5.02 Å². The number of benzene rings is 3. The molecule has 0 aliphatic carbocycles. The molecular formula is C29H27ClN2O5S. The summed E-state index contributed by atoms with van der Waals surface area (Å²) >= 11 is 6.43. The van der Waals surface area contributed by atoms with Crippen molar-refractivity contribution in [2.24, 2.45) is 0 Å². The van der Waals surface area contributed by atoms with Crippen molar-refractivity contribution in [2.45, 2.75) is 24.7 Å². The molecule has 2 heterocycles. The second-order valence-electron chi connectivity index (χ2n) is 9.34. The first-order valence-electron chi connectivity index (χ1n) is 12.3. The zero-order chi connectivity index (χ0) is 26.9. The number of hydrogen-bond acceptors (Lipinski definition) is 6. The van der Waals surface area contributed by atoms with E-state index in [4.69, 9.17) is 21.1 Å². The van der Waals surface area contributed by atoms with Crippen LogP contribution in [0.25, 0.3) is 22.0 Å². The molecule has 0 unspecified atom stereocenters. The van der Waals surface area contributed by atoms with Gasteiger partial charge in [-0.3, -0.25) is 4.98 Å². The van der Waals surface area contributed by atoms with E-state index in [1.165, 1.54) is 16.4 Å². The summed E-state index contributed by atoms with van der Waals surface area (Å²) in [5.74, 6) is -0.105. The van der Waals surface area contributed by atoms with E-state index >= 15 is 0 Å². The smallest absolute Gasteiger partial charge is 0.343 e. The number of aromatic nitrogens is 1. The van der Waals surface area contributed by atoms with Crippen molar-refractivity contribution in [3.05, 3.63) is 89.1 Å². The van der Waals surface area contributed by atoms with Crippen molar-refractivity contribution in [2.75, 3.05) is 26.3 Å². The number of morpholine rings is 1. The Balaban J connectivity index is 1.46. The van der Waals surface area contributed by atoms with E-state index < -0.39 is 16.0 Å². The van der Waals surface area contributed by atoms with E-state index in [9.17, 15) is 13.2 Å². The van der Waals surface area contributed by atoms with Crippen LogP contribution in [0.15, 0.2) is 77.8 Å². The molecule has 38 heavy (non-hydrogen) atoms. The summed E-state index contributed by atoms with van der Waals surface area (Å²) in [5, 5.41) is 1.47. The molecule has 4 aromatic rings. The van der Waals surface area contributed by atoms with Crippen LogP contribution in [0.4, 0.5) is 0 Å². The van der Waals surface area contributed by atoms with Gasteiger partial charge in [0, 0.05) is 24.7 Å². The Morgan fingerprint density at radius 3 is 2.53 bits per heavy atom. The van der Waals surface area contributed by atoms with Gasteiger partial charge in [-0.15, -0.1) is 0 Å². The van der Waals surface area contributed by atoms with Gasteiger partial charge < -0.3 is 9.47 Å². The summed E-state index contributed by atoms with van der Waals surface area (Å²) in [6, 6.07) is 18.9. The summed E-state index contributed by atoms with van der Waals surface area (Å²) in [5.41, 5.74) is 3.73. The lowest BCUT2D eigenvalue weighted by Crippen LogP contribution is -2.40. The topological polar surface area (TPSA) is 85.8 Å². The number of halogens is 1. The second-order valence-corrected chi connectivity index (χ2v) is 11.7. The highest BCUT2D eigenvalue weighted by atomic mass is 35.5. The molecule has 1 fully saturated rings. The number of nitrogens with zero attached hydrogens (tertiary/aromatic N) is 2. The van der Waals surface area contributed by atoms with E-state index in [1.54, 1.807) is 30.3 Å². The first-order valence-corrected chi connectivity index (χ1v) is 14.1. The largest absolute Gasteiger partial charge is 0.423 e. The maximum absolute atomic E-state index is 13.1. The predicted molar refractivity (Wildman–Crippen MR) is 147 cm³/mol. The number of esters is 1. The Hall–Kier alpha value is -3.30. The molecule has 1 saturated heterocycles. The molecule has 0 N–H and O–H groups in total. The van der Waals surface area contributed by atoms with Gasteiger partial charge in [-0.1, -0.05) is 55.8 Å².